The smallest absolute Gasteiger partial charge is 0.0712 e. The van der Waals surface area contributed by atoms with Crippen molar-refractivity contribution in [2.75, 3.05) is 0 Å². The molecule has 0 amide bonds. The van der Waals surface area contributed by atoms with Crippen LogP contribution in [0.5, 0.6) is 0 Å². The van der Waals surface area contributed by atoms with Crippen LogP contribution < -0.4 is 10.6 Å². The van der Waals surface area contributed by atoms with Crippen molar-refractivity contribution in [3.8, 4) is 0 Å². The van der Waals surface area contributed by atoms with Gasteiger partial charge in [0.15, 0.2) is 0 Å². The summed E-state index contributed by atoms with van der Waals surface area (Å²) in [4.78, 5) is 4.82. The van der Waals surface area contributed by atoms with Gasteiger partial charge in [-0.25, -0.2) is 4.99 Å². The highest BCUT2D eigenvalue weighted by atomic mass is 14.8. The van der Waals surface area contributed by atoms with Gasteiger partial charge in [-0.2, -0.15) is 0 Å². The van der Waals surface area contributed by atoms with Crippen LogP contribution in [0.4, 0.5) is 0 Å². The number of allylic oxidation sites excluding steroid dienone is 6. The van der Waals surface area contributed by atoms with Gasteiger partial charge in [0, 0.05) is 5.22 Å². The Balaban J connectivity index is 2.18. The molecular weight excluding hydrogens is 290 g/mol. The van der Waals surface area contributed by atoms with Gasteiger partial charge in [0.1, 0.15) is 0 Å². The lowest BCUT2D eigenvalue weighted by molar-refractivity contribution is 0.504. The Kier molecular flexibility index (Phi) is 6.78. The highest BCUT2D eigenvalue weighted by Crippen LogP contribution is 2.22. The molecule has 0 saturated heterocycles. The quantitative estimate of drug-likeness (QED) is 0.612. The fraction of sp³-hybridized carbons (Fsp3) is 0.435. The second kappa shape index (κ2) is 8.82. The molecule has 1 aliphatic heterocycles. The maximum absolute atomic E-state index is 4.82. The number of benzene rings is 1. The molecule has 0 aliphatic carbocycles. The van der Waals surface area contributed by atoms with E-state index < -0.39 is 0 Å². The molecule has 0 bridgehead atoms. The van der Waals surface area contributed by atoms with Gasteiger partial charge in [-0.05, 0) is 48.3 Å². The van der Waals surface area contributed by atoms with Gasteiger partial charge in [0.25, 0.3) is 0 Å². The third-order valence-corrected chi connectivity index (χ3v) is 4.69. The van der Waals surface area contributed by atoms with E-state index >= 15 is 0 Å². The van der Waals surface area contributed by atoms with Crippen LogP contribution in [0.2, 0.25) is 0 Å². The average molecular weight is 322 g/mol. The first-order valence-electron chi connectivity index (χ1n) is 9.21. The Morgan fingerprint density at radius 2 is 1.71 bits per heavy atom. The van der Waals surface area contributed by atoms with Gasteiger partial charge in [-0.1, -0.05) is 77.1 Å². The molecule has 0 fully saturated rings. The number of rotatable bonds is 7. The molecule has 128 valence electrons. The molecule has 0 saturated carbocycles. The van der Waals surface area contributed by atoms with Crippen LogP contribution in [0.25, 0.3) is 5.57 Å². The Bertz CT molecular complexity index is 744. The molecule has 0 radical (unpaired) electrons. The van der Waals surface area contributed by atoms with E-state index in [1.165, 1.54) is 17.2 Å². The van der Waals surface area contributed by atoms with Crippen LogP contribution in [-0.2, 0) is 0 Å². The van der Waals surface area contributed by atoms with Crippen LogP contribution >= 0.6 is 0 Å². The third kappa shape index (κ3) is 5.06. The maximum Gasteiger partial charge on any atom is 0.0712 e. The van der Waals surface area contributed by atoms with Crippen LogP contribution in [-0.4, -0.2) is 0 Å². The second-order valence-electron chi connectivity index (χ2n) is 7.46. The molecule has 1 aromatic rings. The summed E-state index contributed by atoms with van der Waals surface area (Å²) in [6.45, 7) is 11.3. The molecule has 0 spiro atoms. The monoisotopic (exact) mass is 321 g/mol. The van der Waals surface area contributed by atoms with Crippen LogP contribution in [0.3, 0.4) is 0 Å². The van der Waals surface area contributed by atoms with E-state index in [4.69, 9.17) is 4.99 Å². The Morgan fingerprint density at radius 1 is 0.958 bits per heavy atom. The van der Waals surface area contributed by atoms with E-state index in [2.05, 4.69) is 89.3 Å². The lowest BCUT2D eigenvalue weighted by Crippen LogP contribution is -2.22. The molecule has 1 nitrogen and oxygen atoms in total. The van der Waals surface area contributed by atoms with E-state index in [0.29, 0.717) is 17.8 Å². The molecule has 1 aromatic carbocycles. The normalized spacial score (nSPS) is 17.5. The lowest BCUT2D eigenvalue weighted by atomic mass is 9.98. The molecular formula is C23H31N. The second-order valence-corrected chi connectivity index (χ2v) is 7.46. The third-order valence-electron chi connectivity index (χ3n) is 4.69. The van der Waals surface area contributed by atoms with Crippen LogP contribution in [0, 0.1) is 17.8 Å². The molecule has 1 heteroatoms. The fourth-order valence-electron chi connectivity index (χ4n) is 2.67. The molecule has 1 atom stereocenters. The lowest BCUT2D eigenvalue weighted by Gasteiger charge is -2.08. The first kappa shape index (κ1) is 18.4. The van der Waals surface area contributed by atoms with Crippen molar-refractivity contribution in [2.24, 2.45) is 22.7 Å². The minimum Gasteiger partial charge on any atom is -0.248 e. The highest BCUT2D eigenvalue weighted by Gasteiger charge is 2.12. The van der Waals surface area contributed by atoms with Crippen molar-refractivity contribution in [1.82, 2.24) is 0 Å². The number of fused-ring (bicyclic) bond motifs is 1. The fourth-order valence-corrected chi connectivity index (χ4v) is 2.67. The summed E-state index contributed by atoms with van der Waals surface area (Å²) in [5.74, 6) is 2.00. The summed E-state index contributed by atoms with van der Waals surface area (Å²) in [6.07, 6.45) is 13.1. The van der Waals surface area contributed by atoms with Crippen molar-refractivity contribution >= 4 is 5.57 Å². The molecule has 24 heavy (non-hydrogen) atoms. The number of para-hydroxylation sites is 1. The van der Waals surface area contributed by atoms with Gasteiger partial charge >= 0.3 is 0 Å². The van der Waals surface area contributed by atoms with Crippen molar-refractivity contribution < 1.29 is 0 Å². The van der Waals surface area contributed by atoms with Gasteiger partial charge in [-0.3, -0.25) is 0 Å². The van der Waals surface area contributed by atoms with Crippen molar-refractivity contribution in [3.63, 3.8) is 0 Å². The molecule has 1 unspecified atom stereocenters. The summed E-state index contributed by atoms with van der Waals surface area (Å²) < 4.78 is 0. The minimum absolute atomic E-state index is 0.607. The predicted molar refractivity (Wildman–Crippen MR) is 105 cm³/mol. The van der Waals surface area contributed by atoms with Crippen LogP contribution in [0.1, 0.15) is 47.5 Å². The predicted octanol–water partition coefficient (Wildman–Crippen LogP) is 5.20. The van der Waals surface area contributed by atoms with E-state index in [1.54, 1.807) is 0 Å². The van der Waals surface area contributed by atoms with Gasteiger partial charge < -0.3 is 0 Å². The Hall–Kier alpha value is -1.89. The zero-order chi connectivity index (χ0) is 17.5. The first-order chi connectivity index (χ1) is 11.5. The van der Waals surface area contributed by atoms with Crippen molar-refractivity contribution in [3.05, 3.63) is 70.9 Å². The van der Waals surface area contributed by atoms with E-state index in [1.807, 2.05) is 0 Å². The summed E-state index contributed by atoms with van der Waals surface area (Å²) in [7, 11) is 0. The van der Waals surface area contributed by atoms with Gasteiger partial charge in [0.05, 0.1) is 11.1 Å². The van der Waals surface area contributed by atoms with Crippen molar-refractivity contribution in [1.29, 1.82) is 0 Å². The Morgan fingerprint density at radius 3 is 2.42 bits per heavy atom. The minimum atomic E-state index is 0.607. The summed E-state index contributed by atoms with van der Waals surface area (Å²) in [6, 6.07) is 8.48. The molecule has 0 aromatic heterocycles. The molecule has 0 N–H and O–H groups in total. The summed E-state index contributed by atoms with van der Waals surface area (Å²) in [5, 5.41) is 2.42. The zero-order valence-electron chi connectivity index (χ0n) is 15.8. The van der Waals surface area contributed by atoms with Crippen LogP contribution in [0.15, 0.2) is 65.3 Å². The maximum atomic E-state index is 4.82. The topological polar surface area (TPSA) is 12.4 Å². The van der Waals surface area contributed by atoms with Crippen molar-refractivity contribution in [2.45, 2.75) is 47.5 Å². The summed E-state index contributed by atoms with van der Waals surface area (Å²) >= 11 is 0. The molecule has 1 aliphatic rings. The molecule has 1 heterocycles. The SMILES string of the molecule is CC(C)CCC1=c2ccccc2=NC1=CC=CC=CC(C)C(C)C. The molecule has 2 rings (SSSR count). The first-order valence-corrected chi connectivity index (χ1v) is 9.21. The van der Waals surface area contributed by atoms with Gasteiger partial charge in [-0.15, -0.1) is 0 Å². The zero-order valence-corrected chi connectivity index (χ0v) is 15.8. The number of hydrogen-bond acceptors (Lipinski definition) is 1. The average Bonchev–Trinajstić information content (AvgIpc) is 2.89. The van der Waals surface area contributed by atoms with E-state index in [9.17, 15) is 0 Å². The van der Waals surface area contributed by atoms with Gasteiger partial charge in [0.2, 0.25) is 0 Å². The summed E-state index contributed by atoms with van der Waals surface area (Å²) in [5.41, 5.74) is 2.52. The number of hydrogen-bond donors (Lipinski definition) is 0. The number of nitrogens with zero attached hydrogens (tertiary/aromatic N) is 1. The largest absolute Gasteiger partial charge is 0.248 e. The highest BCUT2D eigenvalue weighted by molar-refractivity contribution is 5.66. The van der Waals surface area contributed by atoms with E-state index in [-0.39, 0.29) is 0 Å². The standard InChI is InChI=1S/C23H31N/c1-17(2)15-16-21-20-12-9-10-14-22(20)24-23(21)13-8-6-7-11-19(5)18(3)4/h6-14,17-19H,15-16H2,1-5H3. The Labute approximate surface area is 147 Å². The van der Waals surface area contributed by atoms with E-state index in [0.717, 1.165) is 17.5 Å².